The van der Waals surface area contributed by atoms with Crippen LogP contribution < -0.4 is 10.6 Å². The quantitative estimate of drug-likeness (QED) is 0.590. The van der Waals surface area contributed by atoms with Crippen molar-refractivity contribution < 1.29 is 0 Å². The Morgan fingerprint density at radius 2 is 2.04 bits per heavy atom. The van der Waals surface area contributed by atoms with E-state index in [2.05, 4.69) is 61.3 Å². The van der Waals surface area contributed by atoms with Crippen LogP contribution in [-0.4, -0.2) is 53.1 Å². The lowest BCUT2D eigenvalue weighted by Crippen LogP contribution is -2.44. The molecule has 2 heterocycles. The summed E-state index contributed by atoms with van der Waals surface area (Å²) in [5.41, 5.74) is 2.52. The fourth-order valence-electron chi connectivity index (χ4n) is 3.52. The summed E-state index contributed by atoms with van der Waals surface area (Å²) in [7, 11) is 1.83. The van der Waals surface area contributed by atoms with Crippen LogP contribution in [0.1, 0.15) is 30.9 Å². The first-order valence-corrected chi connectivity index (χ1v) is 9.50. The lowest BCUT2D eigenvalue weighted by Gasteiger charge is -2.24. The van der Waals surface area contributed by atoms with E-state index >= 15 is 0 Å². The van der Waals surface area contributed by atoms with Gasteiger partial charge in [0.2, 0.25) is 0 Å². The van der Waals surface area contributed by atoms with Gasteiger partial charge in [0, 0.05) is 45.1 Å². The van der Waals surface area contributed by atoms with Crippen molar-refractivity contribution in [3.8, 4) is 0 Å². The molecule has 0 aliphatic carbocycles. The van der Waals surface area contributed by atoms with Gasteiger partial charge in [0.25, 0.3) is 0 Å². The van der Waals surface area contributed by atoms with Crippen molar-refractivity contribution in [2.75, 3.05) is 26.7 Å². The van der Waals surface area contributed by atoms with E-state index in [9.17, 15) is 0 Å². The number of imidazole rings is 1. The van der Waals surface area contributed by atoms with Crippen molar-refractivity contribution in [2.24, 2.45) is 4.99 Å². The second-order valence-electron chi connectivity index (χ2n) is 6.78. The summed E-state index contributed by atoms with van der Waals surface area (Å²) < 4.78 is 2.07. The molecule has 1 unspecified atom stereocenters. The van der Waals surface area contributed by atoms with Crippen molar-refractivity contribution in [1.29, 1.82) is 0 Å². The van der Waals surface area contributed by atoms with Crippen LogP contribution in [0.15, 0.2) is 48.0 Å². The zero-order valence-electron chi connectivity index (χ0n) is 15.9. The maximum Gasteiger partial charge on any atom is 0.191 e. The average Bonchev–Trinajstić information content (AvgIpc) is 3.34. The molecule has 1 aliphatic rings. The summed E-state index contributed by atoms with van der Waals surface area (Å²) in [6, 6.07) is 9.31. The second-order valence-corrected chi connectivity index (χ2v) is 6.78. The lowest BCUT2D eigenvalue weighted by molar-refractivity contribution is 0.267. The number of nitrogens with one attached hydrogen (secondary N) is 2. The average molecular weight is 355 g/mol. The molecule has 1 atom stereocenters. The smallest absolute Gasteiger partial charge is 0.191 e. The van der Waals surface area contributed by atoms with Crippen LogP contribution in [0.5, 0.6) is 0 Å². The Hall–Kier alpha value is -2.34. The molecule has 3 rings (SSSR count). The molecule has 0 spiro atoms. The third kappa shape index (κ3) is 5.08. The van der Waals surface area contributed by atoms with Crippen LogP contribution in [0.25, 0.3) is 0 Å². The number of guanidine groups is 1. The molecule has 0 radical (unpaired) electrons. The molecule has 26 heavy (non-hydrogen) atoms. The van der Waals surface area contributed by atoms with Gasteiger partial charge in [-0.2, -0.15) is 0 Å². The Balaban J connectivity index is 1.44. The molecule has 1 aromatic carbocycles. The summed E-state index contributed by atoms with van der Waals surface area (Å²) in [5.74, 6) is 0.871. The molecule has 0 bridgehead atoms. The van der Waals surface area contributed by atoms with Crippen molar-refractivity contribution in [3.05, 3.63) is 54.1 Å². The third-order valence-electron chi connectivity index (χ3n) is 5.04. The summed E-state index contributed by atoms with van der Waals surface area (Å²) in [6.45, 7) is 7.17. The number of likely N-dealkylation sites (tertiary alicyclic amines) is 1. The van der Waals surface area contributed by atoms with Gasteiger partial charge in [-0.3, -0.25) is 9.89 Å². The normalized spacial score (nSPS) is 18.2. The second kappa shape index (κ2) is 9.38. The van der Waals surface area contributed by atoms with E-state index < -0.39 is 0 Å². The van der Waals surface area contributed by atoms with Crippen LogP contribution in [-0.2, 0) is 13.1 Å². The fraction of sp³-hybridized carbons (Fsp3) is 0.500. The van der Waals surface area contributed by atoms with E-state index in [1.807, 2.05) is 25.8 Å². The zero-order chi connectivity index (χ0) is 18.2. The lowest BCUT2D eigenvalue weighted by atomic mass is 10.1. The van der Waals surface area contributed by atoms with Crippen molar-refractivity contribution in [1.82, 2.24) is 25.1 Å². The molecule has 0 amide bonds. The van der Waals surface area contributed by atoms with Gasteiger partial charge in [0.05, 0.1) is 6.33 Å². The zero-order valence-corrected chi connectivity index (χ0v) is 15.9. The number of rotatable bonds is 7. The molecular formula is C20H30N6. The molecule has 0 saturated carbocycles. The van der Waals surface area contributed by atoms with Gasteiger partial charge in [0.1, 0.15) is 0 Å². The minimum atomic E-state index is 0.626. The van der Waals surface area contributed by atoms with E-state index in [1.54, 1.807) is 0 Å². The van der Waals surface area contributed by atoms with Gasteiger partial charge in [-0.15, -0.1) is 0 Å². The highest BCUT2D eigenvalue weighted by atomic mass is 15.2. The summed E-state index contributed by atoms with van der Waals surface area (Å²) in [6.07, 6.45) is 8.21. The topological polar surface area (TPSA) is 57.5 Å². The Bertz CT molecular complexity index is 677. The standard InChI is InChI=1S/C20H30N6/c1-3-26-11-4-5-19(26)14-24-20(21-2)23-13-17-6-8-18(9-7-17)15-25-12-10-22-16-25/h6-10,12,16,19H,3-5,11,13-15H2,1-2H3,(H2,21,23,24). The fourth-order valence-corrected chi connectivity index (χ4v) is 3.52. The Kier molecular flexibility index (Phi) is 6.66. The van der Waals surface area contributed by atoms with Gasteiger partial charge in [-0.25, -0.2) is 4.98 Å². The number of likely N-dealkylation sites (N-methyl/N-ethyl adjacent to an activating group) is 1. The molecule has 6 heteroatoms. The Morgan fingerprint density at radius 3 is 2.73 bits per heavy atom. The van der Waals surface area contributed by atoms with E-state index in [0.29, 0.717) is 6.04 Å². The van der Waals surface area contributed by atoms with Crippen LogP contribution in [0.4, 0.5) is 0 Å². The van der Waals surface area contributed by atoms with Gasteiger partial charge in [0.15, 0.2) is 5.96 Å². The number of hydrogen-bond acceptors (Lipinski definition) is 3. The predicted molar refractivity (Wildman–Crippen MR) is 106 cm³/mol. The van der Waals surface area contributed by atoms with E-state index in [-0.39, 0.29) is 0 Å². The molecule has 2 aromatic rings. The minimum Gasteiger partial charge on any atom is -0.355 e. The maximum absolute atomic E-state index is 4.35. The molecule has 2 N–H and O–H groups in total. The monoisotopic (exact) mass is 354 g/mol. The number of aliphatic imine (C=N–C) groups is 1. The maximum atomic E-state index is 4.35. The van der Waals surface area contributed by atoms with Crippen LogP contribution in [0.3, 0.4) is 0 Å². The predicted octanol–water partition coefficient (Wildman–Crippen LogP) is 2.08. The van der Waals surface area contributed by atoms with E-state index in [0.717, 1.165) is 32.1 Å². The van der Waals surface area contributed by atoms with Crippen molar-refractivity contribution in [2.45, 2.75) is 38.9 Å². The molecule has 1 saturated heterocycles. The van der Waals surface area contributed by atoms with Gasteiger partial charge >= 0.3 is 0 Å². The largest absolute Gasteiger partial charge is 0.355 e. The molecular weight excluding hydrogens is 324 g/mol. The number of hydrogen-bond donors (Lipinski definition) is 2. The Labute approximate surface area is 156 Å². The van der Waals surface area contributed by atoms with E-state index in [4.69, 9.17) is 0 Å². The molecule has 1 aliphatic heterocycles. The Morgan fingerprint density at radius 1 is 1.23 bits per heavy atom. The van der Waals surface area contributed by atoms with Crippen molar-refractivity contribution in [3.63, 3.8) is 0 Å². The number of benzene rings is 1. The number of aromatic nitrogens is 2. The molecule has 140 valence electrons. The third-order valence-corrected chi connectivity index (χ3v) is 5.04. The highest BCUT2D eigenvalue weighted by Crippen LogP contribution is 2.15. The van der Waals surface area contributed by atoms with Crippen LogP contribution in [0.2, 0.25) is 0 Å². The van der Waals surface area contributed by atoms with Crippen LogP contribution >= 0.6 is 0 Å². The summed E-state index contributed by atoms with van der Waals surface area (Å²) in [4.78, 5) is 11.0. The molecule has 1 aromatic heterocycles. The first kappa shape index (κ1) is 18.5. The summed E-state index contributed by atoms with van der Waals surface area (Å²) >= 11 is 0. The first-order valence-electron chi connectivity index (χ1n) is 9.50. The highest BCUT2D eigenvalue weighted by molar-refractivity contribution is 5.79. The molecule has 6 nitrogen and oxygen atoms in total. The van der Waals surface area contributed by atoms with Gasteiger partial charge in [-0.05, 0) is 37.1 Å². The van der Waals surface area contributed by atoms with Crippen molar-refractivity contribution >= 4 is 5.96 Å². The van der Waals surface area contributed by atoms with Gasteiger partial charge < -0.3 is 15.2 Å². The first-order chi connectivity index (χ1) is 12.8. The minimum absolute atomic E-state index is 0.626. The highest BCUT2D eigenvalue weighted by Gasteiger charge is 2.22. The SMILES string of the molecule is CCN1CCCC1CNC(=NC)NCc1ccc(Cn2ccnc2)cc1. The number of nitrogens with zero attached hydrogens (tertiary/aromatic N) is 4. The van der Waals surface area contributed by atoms with Gasteiger partial charge in [-0.1, -0.05) is 31.2 Å². The van der Waals surface area contributed by atoms with E-state index in [1.165, 1.54) is 30.5 Å². The van der Waals surface area contributed by atoms with Crippen LogP contribution in [0, 0.1) is 0 Å². The summed E-state index contributed by atoms with van der Waals surface area (Å²) in [5, 5.41) is 6.89. The molecule has 1 fully saturated rings.